The van der Waals surface area contributed by atoms with E-state index >= 15 is 0 Å². The largest absolute Gasteiger partial charge is 0.495 e. The summed E-state index contributed by atoms with van der Waals surface area (Å²) in [4.78, 5) is 11.8. The number of carbonyl (C=O) groups excluding carboxylic acids is 1. The van der Waals surface area contributed by atoms with Crippen LogP contribution in [-0.2, 0) is 17.5 Å². The summed E-state index contributed by atoms with van der Waals surface area (Å²) in [6.07, 6.45) is -4.71. The molecule has 0 bridgehead atoms. The van der Waals surface area contributed by atoms with E-state index in [1.807, 2.05) is 13.0 Å². The Balaban J connectivity index is 1.68. The van der Waals surface area contributed by atoms with Crippen LogP contribution < -0.4 is 21.1 Å². The first-order valence-corrected chi connectivity index (χ1v) is 11.1. The minimum Gasteiger partial charge on any atom is -0.495 e. The Labute approximate surface area is 209 Å². The van der Waals surface area contributed by atoms with Gasteiger partial charge in [-0.25, -0.2) is 4.68 Å². The van der Waals surface area contributed by atoms with Gasteiger partial charge >= 0.3 is 12.2 Å². The van der Waals surface area contributed by atoms with Crippen LogP contribution in [0.5, 0.6) is 5.75 Å². The van der Waals surface area contributed by atoms with Crippen molar-refractivity contribution < 1.29 is 27.1 Å². The summed E-state index contributed by atoms with van der Waals surface area (Å²) in [5, 5.41) is 17.2. The van der Waals surface area contributed by atoms with E-state index < -0.39 is 17.9 Å². The molecule has 194 valence electrons. The van der Waals surface area contributed by atoms with Gasteiger partial charge in [0.05, 0.1) is 24.5 Å². The van der Waals surface area contributed by atoms with E-state index in [0.717, 1.165) is 16.3 Å². The average molecular weight is 515 g/mol. The van der Waals surface area contributed by atoms with Gasteiger partial charge in [0.2, 0.25) is 5.91 Å². The number of benzene rings is 2. The van der Waals surface area contributed by atoms with E-state index in [1.165, 1.54) is 7.11 Å². The first kappa shape index (κ1) is 25.7. The Kier molecular flexibility index (Phi) is 7.16. The van der Waals surface area contributed by atoms with Crippen molar-refractivity contribution in [3.8, 4) is 23.0 Å². The molecule has 0 unspecified atom stereocenters. The summed E-state index contributed by atoms with van der Waals surface area (Å²) >= 11 is 0. The van der Waals surface area contributed by atoms with Crippen LogP contribution in [0.3, 0.4) is 0 Å². The highest BCUT2D eigenvalue weighted by atomic mass is 19.4. The smallest absolute Gasteiger partial charge is 0.435 e. The summed E-state index contributed by atoms with van der Waals surface area (Å²) in [5.74, 6) is -0.0314. The third-order valence-electron chi connectivity index (χ3n) is 5.28. The lowest BCUT2D eigenvalue weighted by atomic mass is 10.2. The number of nitrogens with two attached hydrogens (primary N) is 1. The Bertz CT molecular complexity index is 1410. The van der Waals surface area contributed by atoms with Gasteiger partial charge in [-0.05, 0) is 49.2 Å². The highest BCUT2D eigenvalue weighted by Gasteiger charge is 2.36. The van der Waals surface area contributed by atoms with E-state index in [0.29, 0.717) is 22.7 Å². The van der Waals surface area contributed by atoms with E-state index in [4.69, 9.17) is 14.9 Å². The predicted molar refractivity (Wildman–Crippen MR) is 128 cm³/mol. The second kappa shape index (κ2) is 10.3. The molecule has 10 nitrogen and oxygen atoms in total. The zero-order valence-corrected chi connectivity index (χ0v) is 20.1. The highest BCUT2D eigenvalue weighted by molar-refractivity contribution is 5.80. The maximum absolute atomic E-state index is 13.6. The van der Waals surface area contributed by atoms with Crippen molar-refractivity contribution in [3.05, 3.63) is 65.4 Å². The number of amides is 1. The number of halogens is 3. The summed E-state index contributed by atoms with van der Waals surface area (Å²) in [6.45, 7) is 3.56. The topological polar surface area (TPSA) is 133 Å². The van der Waals surface area contributed by atoms with E-state index in [1.54, 1.807) is 43.3 Å². The molecule has 4 N–H and O–H groups in total. The number of hydrogen-bond donors (Lipinski definition) is 3. The van der Waals surface area contributed by atoms with Crippen LogP contribution in [-0.4, -0.2) is 39.0 Å². The Morgan fingerprint density at radius 2 is 1.97 bits per heavy atom. The van der Waals surface area contributed by atoms with Crippen LogP contribution in [0.25, 0.3) is 17.3 Å². The summed E-state index contributed by atoms with van der Waals surface area (Å²) < 4.78 is 52.7. The number of methoxy groups -OCH3 is 1. The molecular weight excluding hydrogens is 491 g/mol. The van der Waals surface area contributed by atoms with E-state index in [2.05, 4.69) is 25.9 Å². The molecule has 0 saturated carbocycles. The summed E-state index contributed by atoms with van der Waals surface area (Å²) in [5.41, 5.74) is 6.76. The van der Waals surface area contributed by atoms with Crippen LogP contribution in [0.1, 0.15) is 23.7 Å². The van der Waals surface area contributed by atoms with Gasteiger partial charge in [-0.2, -0.15) is 18.3 Å². The van der Waals surface area contributed by atoms with E-state index in [9.17, 15) is 18.0 Å². The van der Waals surface area contributed by atoms with Gasteiger partial charge in [-0.15, -0.1) is 5.10 Å². The lowest BCUT2D eigenvalue weighted by Gasteiger charge is -2.10. The van der Waals surface area contributed by atoms with Crippen LogP contribution in [0.15, 0.2) is 52.9 Å². The normalized spacial score (nSPS) is 12.3. The molecule has 0 aliphatic carbocycles. The lowest BCUT2D eigenvalue weighted by molar-refractivity contribution is -0.141. The molecule has 0 saturated heterocycles. The first-order valence-electron chi connectivity index (χ1n) is 11.1. The fraction of sp³-hybridized carbons (Fsp3) is 0.250. The number of nitrogens with zero attached hydrogens (tertiary/aromatic N) is 4. The number of hydrogen-bond acceptors (Lipinski definition) is 8. The third kappa shape index (κ3) is 5.89. The number of nitrogens with one attached hydrogen (secondary N) is 2. The fourth-order valence-corrected chi connectivity index (χ4v) is 3.43. The van der Waals surface area contributed by atoms with Crippen molar-refractivity contribution in [1.29, 1.82) is 0 Å². The maximum Gasteiger partial charge on any atom is 0.435 e. The van der Waals surface area contributed by atoms with Crippen LogP contribution in [0, 0.1) is 6.92 Å². The molecule has 13 heteroatoms. The molecule has 2 heterocycles. The average Bonchev–Trinajstić information content (AvgIpc) is 3.50. The zero-order valence-electron chi connectivity index (χ0n) is 20.1. The number of aryl methyl sites for hydroxylation is 1. The van der Waals surface area contributed by atoms with Gasteiger partial charge in [0.15, 0.2) is 5.69 Å². The van der Waals surface area contributed by atoms with Crippen LogP contribution in [0.4, 0.5) is 24.9 Å². The zero-order chi connectivity index (χ0) is 26.7. The number of carbonyl (C=O) groups is 1. The first-order chi connectivity index (χ1) is 17.5. The van der Waals surface area contributed by atoms with Crippen molar-refractivity contribution in [1.82, 2.24) is 25.3 Å². The van der Waals surface area contributed by atoms with Crippen molar-refractivity contribution in [2.75, 3.05) is 12.4 Å². The molecule has 0 aliphatic rings. The Morgan fingerprint density at radius 1 is 1.19 bits per heavy atom. The second-order valence-corrected chi connectivity index (χ2v) is 8.24. The van der Waals surface area contributed by atoms with Gasteiger partial charge in [-0.1, -0.05) is 23.3 Å². The standard InChI is InChI=1S/C24H24F3N7O3/c1-13-7-8-19(36-3)17(9-13)30-23-32-31-22(37-23)18-11-20(24(25,26)27)33-34(18)16-6-4-5-15(10-16)12-29-21(35)14(2)28/h4-11,14H,12,28H2,1-3H3,(H,29,35)(H,30,32)/t14-/m0/s1. The predicted octanol–water partition coefficient (Wildman–Crippen LogP) is 3.97. The number of anilines is 2. The molecular formula is C24H24F3N7O3. The molecule has 2 aromatic heterocycles. The summed E-state index contributed by atoms with van der Waals surface area (Å²) in [6, 6.07) is 12.0. The molecule has 2 aromatic carbocycles. The monoisotopic (exact) mass is 515 g/mol. The third-order valence-corrected chi connectivity index (χ3v) is 5.28. The molecule has 4 aromatic rings. The van der Waals surface area contributed by atoms with Crippen LogP contribution >= 0.6 is 0 Å². The Morgan fingerprint density at radius 3 is 2.68 bits per heavy atom. The number of ether oxygens (including phenoxy) is 1. The number of rotatable bonds is 8. The van der Waals surface area contributed by atoms with Gasteiger partial charge in [0.1, 0.15) is 11.4 Å². The molecule has 1 amide bonds. The molecule has 0 aliphatic heterocycles. The van der Waals surface area contributed by atoms with Crippen LogP contribution in [0.2, 0.25) is 0 Å². The summed E-state index contributed by atoms with van der Waals surface area (Å²) in [7, 11) is 1.50. The second-order valence-electron chi connectivity index (χ2n) is 8.24. The quantitative estimate of drug-likeness (QED) is 0.321. The lowest BCUT2D eigenvalue weighted by Crippen LogP contribution is -2.37. The van der Waals surface area contributed by atoms with Gasteiger partial charge < -0.3 is 25.5 Å². The maximum atomic E-state index is 13.6. The number of aromatic nitrogens is 4. The molecule has 1 atom stereocenters. The molecule has 0 spiro atoms. The van der Waals surface area contributed by atoms with Crippen molar-refractivity contribution in [2.24, 2.45) is 5.73 Å². The molecule has 37 heavy (non-hydrogen) atoms. The molecule has 4 rings (SSSR count). The highest BCUT2D eigenvalue weighted by Crippen LogP contribution is 2.34. The SMILES string of the molecule is COc1ccc(C)cc1Nc1nnc(-c2cc(C(F)(F)F)nn2-c2cccc(CNC(=O)[C@H](C)N)c2)o1. The van der Waals surface area contributed by atoms with Crippen molar-refractivity contribution >= 4 is 17.6 Å². The van der Waals surface area contributed by atoms with Gasteiger partial charge in [0.25, 0.3) is 5.89 Å². The van der Waals surface area contributed by atoms with Crippen molar-refractivity contribution in [3.63, 3.8) is 0 Å². The van der Waals surface area contributed by atoms with Gasteiger partial charge in [-0.3, -0.25) is 4.79 Å². The Hall–Kier alpha value is -4.39. The number of alkyl halides is 3. The molecule has 0 radical (unpaired) electrons. The van der Waals surface area contributed by atoms with E-state index in [-0.39, 0.29) is 30.1 Å². The molecule has 0 fully saturated rings. The fourth-order valence-electron chi connectivity index (χ4n) is 3.43. The van der Waals surface area contributed by atoms with Crippen molar-refractivity contribution in [2.45, 2.75) is 32.6 Å². The minimum atomic E-state index is -4.71. The minimum absolute atomic E-state index is 0.0485. The van der Waals surface area contributed by atoms with Gasteiger partial charge in [0, 0.05) is 12.6 Å².